The Balaban J connectivity index is 1.73. The van der Waals surface area contributed by atoms with Crippen molar-refractivity contribution in [1.82, 2.24) is 15.2 Å². The van der Waals surface area contributed by atoms with Crippen LogP contribution in [0.5, 0.6) is 11.6 Å². The Morgan fingerprint density at radius 2 is 2.11 bits per heavy atom. The number of piperidine rings is 1. The average Bonchev–Trinajstić information content (AvgIpc) is 2.79. The Hall–Kier alpha value is -3.82. The lowest BCUT2D eigenvalue weighted by molar-refractivity contribution is -0.132. The fraction of sp³-hybridized carbons (Fsp3) is 0.462. The molecule has 3 N–H and O–H groups in total. The molecule has 1 unspecified atom stereocenters. The Morgan fingerprint density at radius 1 is 1.31 bits per heavy atom. The van der Waals surface area contributed by atoms with Gasteiger partial charge in [0.15, 0.2) is 0 Å². The highest BCUT2D eigenvalue weighted by atomic mass is 16.5. The second-order valence-electron chi connectivity index (χ2n) is 9.08. The summed E-state index contributed by atoms with van der Waals surface area (Å²) in [5, 5.41) is 13.4. The van der Waals surface area contributed by atoms with E-state index >= 15 is 0 Å². The zero-order valence-electron chi connectivity index (χ0n) is 20.0. The summed E-state index contributed by atoms with van der Waals surface area (Å²) in [5.74, 6) is 6.65. The molecular formula is C26H29N5O4. The van der Waals surface area contributed by atoms with Crippen LogP contribution in [0.25, 0.3) is 10.8 Å². The Bertz CT molecular complexity index is 1240. The molecule has 9 nitrogen and oxygen atoms in total. The van der Waals surface area contributed by atoms with Gasteiger partial charge in [-0.2, -0.15) is 5.26 Å². The van der Waals surface area contributed by atoms with Crippen molar-refractivity contribution >= 4 is 22.6 Å². The number of nitriles is 1. The summed E-state index contributed by atoms with van der Waals surface area (Å²) in [7, 11) is 0. The summed E-state index contributed by atoms with van der Waals surface area (Å²) in [5.41, 5.74) is 6.61. The van der Waals surface area contributed by atoms with Crippen molar-refractivity contribution in [2.24, 2.45) is 11.7 Å². The second kappa shape index (κ2) is 10.6. The third kappa shape index (κ3) is 5.64. The third-order valence-corrected chi connectivity index (χ3v) is 6.01. The third-order valence-electron chi connectivity index (χ3n) is 6.01. The van der Waals surface area contributed by atoms with Gasteiger partial charge in [0.2, 0.25) is 11.8 Å². The molecule has 182 valence electrons. The number of fused-ring (bicyclic) bond motifs is 1. The predicted octanol–water partition coefficient (Wildman–Crippen LogP) is 1.98. The lowest BCUT2D eigenvalue weighted by Crippen LogP contribution is -2.44. The summed E-state index contributed by atoms with van der Waals surface area (Å²) in [6.07, 6.45) is 2.58. The Morgan fingerprint density at radius 3 is 2.77 bits per heavy atom. The first-order valence-electron chi connectivity index (χ1n) is 11.8. The van der Waals surface area contributed by atoms with Crippen LogP contribution in [-0.2, 0) is 4.79 Å². The number of rotatable bonds is 6. The van der Waals surface area contributed by atoms with Gasteiger partial charge in [-0.1, -0.05) is 11.8 Å². The molecule has 0 bridgehead atoms. The zero-order valence-corrected chi connectivity index (χ0v) is 20.0. The standard InChI is InChI=1S/C26H29N5O4/c1-16(2)34-23-11-21-20(10-22(23)25(28)33)18(6-5-17-12-29-13-17)14-30-26(21)35-19-4-3-9-31(15-19)24(32)7-8-27/h10-11,14,16-17,19,29H,3-4,7,9,12-13,15H2,1-2H3,(H2,28,33). The molecule has 0 radical (unpaired) electrons. The number of nitrogens with one attached hydrogen (secondary N) is 1. The lowest BCUT2D eigenvalue weighted by Gasteiger charge is -2.32. The number of pyridine rings is 1. The maximum Gasteiger partial charge on any atom is 0.252 e. The number of carbonyl (C=O) groups is 2. The summed E-state index contributed by atoms with van der Waals surface area (Å²) >= 11 is 0. The quantitative estimate of drug-likeness (QED) is 0.611. The van der Waals surface area contributed by atoms with Crippen molar-refractivity contribution in [3.63, 3.8) is 0 Å². The largest absolute Gasteiger partial charge is 0.490 e. The summed E-state index contributed by atoms with van der Waals surface area (Å²) < 4.78 is 12.2. The van der Waals surface area contributed by atoms with Crippen LogP contribution >= 0.6 is 0 Å². The number of nitrogens with zero attached hydrogens (tertiary/aromatic N) is 3. The van der Waals surface area contributed by atoms with E-state index in [1.165, 1.54) is 0 Å². The van der Waals surface area contributed by atoms with Gasteiger partial charge >= 0.3 is 0 Å². The van der Waals surface area contributed by atoms with Gasteiger partial charge in [0.05, 0.1) is 29.8 Å². The van der Waals surface area contributed by atoms with Gasteiger partial charge in [0.1, 0.15) is 18.3 Å². The van der Waals surface area contributed by atoms with Crippen molar-refractivity contribution in [3.05, 3.63) is 29.5 Å². The fourth-order valence-corrected chi connectivity index (χ4v) is 4.15. The number of hydrogen-bond acceptors (Lipinski definition) is 7. The molecule has 2 amide bonds. The second-order valence-corrected chi connectivity index (χ2v) is 9.08. The number of likely N-dealkylation sites (tertiary alicyclic amines) is 1. The molecule has 2 saturated heterocycles. The summed E-state index contributed by atoms with van der Waals surface area (Å²) in [6.45, 7) is 6.42. The van der Waals surface area contributed by atoms with Crippen molar-refractivity contribution in [2.75, 3.05) is 26.2 Å². The molecule has 9 heteroatoms. The van der Waals surface area contributed by atoms with E-state index < -0.39 is 5.91 Å². The highest BCUT2D eigenvalue weighted by molar-refractivity contribution is 6.03. The van der Waals surface area contributed by atoms with Crippen LogP contribution < -0.4 is 20.5 Å². The molecule has 2 aliphatic heterocycles. The molecule has 35 heavy (non-hydrogen) atoms. The molecule has 1 aromatic carbocycles. The Kier molecular flexibility index (Phi) is 7.38. The van der Waals surface area contributed by atoms with Gasteiger partial charge in [-0.15, -0.1) is 0 Å². The van der Waals surface area contributed by atoms with Crippen molar-refractivity contribution in [2.45, 2.75) is 45.3 Å². The summed E-state index contributed by atoms with van der Waals surface area (Å²) in [6, 6.07) is 5.33. The van der Waals surface area contributed by atoms with E-state index in [0.29, 0.717) is 41.1 Å². The molecule has 0 spiro atoms. The predicted molar refractivity (Wildman–Crippen MR) is 130 cm³/mol. The van der Waals surface area contributed by atoms with Crippen LogP contribution in [0.15, 0.2) is 18.3 Å². The average molecular weight is 476 g/mol. The number of primary amides is 1. The van der Waals surface area contributed by atoms with Crippen LogP contribution in [0, 0.1) is 29.1 Å². The maximum absolute atomic E-state index is 12.2. The molecule has 2 aliphatic rings. The molecular weight excluding hydrogens is 446 g/mol. The van der Waals surface area contributed by atoms with Gasteiger partial charge in [-0.25, -0.2) is 4.98 Å². The molecule has 1 aromatic heterocycles. The molecule has 0 aliphatic carbocycles. The lowest BCUT2D eigenvalue weighted by atomic mass is 10.0. The monoisotopic (exact) mass is 475 g/mol. The van der Waals surface area contributed by atoms with Gasteiger partial charge in [-0.3, -0.25) is 9.59 Å². The number of amides is 2. The van der Waals surface area contributed by atoms with E-state index in [9.17, 15) is 9.59 Å². The van der Waals surface area contributed by atoms with Crippen molar-refractivity contribution < 1.29 is 19.1 Å². The van der Waals surface area contributed by atoms with Gasteiger partial charge in [0, 0.05) is 42.5 Å². The number of hydrogen-bond donors (Lipinski definition) is 2. The highest BCUT2D eigenvalue weighted by Gasteiger charge is 2.26. The first-order valence-corrected chi connectivity index (χ1v) is 11.8. The van der Waals surface area contributed by atoms with Crippen molar-refractivity contribution in [1.29, 1.82) is 5.26 Å². The topological polar surface area (TPSA) is 131 Å². The van der Waals surface area contributed by atoms with Crippen LogP contribution in [-0.4, -0.2) is 60.1 Å². The van der Waals surface area contributed by atoms with Crippen molar-refractivity contribution in [3.8, 4) is 29.5 Å². The molecule has 2 fully saturated rings. The molecule has 1 atom stereocenters. The molecule has 3 heterocycles. The van der Waals surface area contributed by atoms with Crippen LogP contribution in [0.4, 0.5) is 0 Å². The first kappa shape index (κ1) is 24.3. The van der Waals surface area contributed by atoms with Gasteiger partial charge in [0.25, 0.3) is 5.91 Å². The van der Waals surface area contributed by atoms with Crippen LogP contribution in [0.1, 0.15) is 49.0 Å². The van der Waals surface area contributed by atoms with E-state index in [4.69, 9.17) is 20.5 Å². The maximum atomic E-state index is 12.2. The van der Waals surface area contributed by atoms with E-state index in [2.05, 4.69) is 22.1 Å². The van der Waals surface area contributed by atoms with Crippen LogP contribution in [0.2, 0.25) is 0 Å². The number of aromatic nitrogens is 1. The highest BCUT2D eigenvalue weighted by Crippen LogP contribution is 2.34. The van der Waals surface area contributed by atoms with E-state index in [1.807, 2.05) is 19.9 Å². The normalized spacial score (nSPS) is 17.8. The van der Waals surface area contributed by atoms with Crippen LogP contribution in [0.3, 0.4) is 0 Å². The minimum absolute atomic E-state index is 0.149. The number of benzene rings is 1. The smallest absolute Gasteiger partial charge is 0.252 e. The molecule has 2 aromatic rings. The minimum atomic E-state index is -0.595. The van der Waals surface area contributed by atoms with Gasteiger partial charge < -0.3 is 25.4 Å². The van der Waals surface area contributed by atoms with E-state index in [1.54, 1.807) is 23.2 Å². The van der Waals surface area contributed by atoms with E-state index in [-0.39, 0.29) is 36.0 Å². The number of ether oxygens (including phenoxy) is 2. The Labute approximate surface area is 204 Å². The molecule has 0 saturated carbocycles. The zero-order chi connectivity index (χ0) is 24.9. The first-order chi connectivity index (χ1) is 16.9. The fourth-order valence-electron chi connectivity index (χ4n) is 4.15. The van der Waals surface area contributed by atoms with E-state index in [0.717, 1.165) is 25.9 Å². The molecule has 4 rings (SSSR count). The summed E-state index contributed by atoms with van der Waals surface area (Å²) in [4.78, 5) is 30.6. The number of nitrogens with two attached hydrogens (primary N) is 1. The SMILES string of the molecule is CC(C)Oc1cc2c(OC3CCCN(C(=O)CC#N)C3)ncc(C#CC3CNC3)c2cc1C(N)=O. The number of carbonyl (C=O) groups excluding carboxylic acids is 2. The van der Waals surface area contributed by atoms with Gasteiger partial charge in [-0.05, 0) is 38.8 Å². The minimum Gasteiger partial charge on any atom is -0.490 e.